The first kappa shape index (κ1) is 16.8. The van der Waals surface area contributed by atoms with Crippen LogP contribution < -0.4 is 9.47 Å². The predicted octanol–water partition coefficient (Wildman–Crippen LogP) is 4.88. The Morgan fingerprint density at radius 3 is 2.28 bits per heavy atom. The number of carbonyl (C=O) groups excluding carboxylic acids is 1. The van der Waals surface area contributed by atoms with Gasteiger partial charge in [0.15, 0.2) is 17.5 Å². The van der Waals surface area contributed by atoms with Crippen molar-refractivity contribution in [2.75, 3.05) is 6.61 Å². The molecule has 3 rings (SSSR count). The van der Waals surface area contributed by atoms with Crippen molar-refractivity contribution in [3.8, 4) is 11.5 Å². The quantitative estimate of drug-likeness (QED) is 0.384. The molecule has 0 aliphatic rings. The molecule has 0 N–H and O–H groups in total. The Morgan fingerprint density at radius 2 is 1.60 bits per heavy atom. The highest BCUT2D eigenvalue weighted by molar-refractivity contribution is 5.92. The van der Waals surface area contributed by atoms with E-state index >= 15 is 0 Å². The summed E-state index contributed by atoms with van der Waals surface area (Å²) in [5.41, 5.74) is 0.292. The second-order valence-electron chi connectivity index (χ2n) is 5.22. The third-order valence-electron chi connectivity index (χ3n) is 3.56. The minimum Gasteiger partial charge on any atom is -0.494 e. The number of hydrogen-bond acceptors (Lipinski definition) is 3. The summed E-state index contributed by atoms with van der Waals surface area (Å²) in [6.45, 7) is 2.36. The normalized spacial score (nSPS) is 10.7. The molecule has 0 radical (unpaired) electrons. The van der Waals surface area contributed by atoms with Gasteiger partial charge in [0.1, 0.15) is 11.5 Å². The molecule has 0 heterocycles. The van der Waals surface area contributed by atoms with E-state index in [1.54, 1.807) is 24.3 Å². The van der Waals surface area contributed by atoms with Crippen molar-refractivity contribution in [2.45, 2.75) is 6.92 Å². The van der Waals surface area contributed by atoms with Gasteiger partial charge in [-0.15, -0.1) is 0 Å². The average molecular weight is 346 g/mol. The number of carbonyl (C=O) groups is 1. The molecule has 0 fully saturated rings. The maximum Gasteiger partial charge on any atom is 0.343 e. The van der Waals surface area contributed by atoms with Crippen molar-refractivity contribution in [3.63, 3.8) is 0 Å². The third kappa shape index (κ3) is 3.42. The molecule has 0 unspecified atom stereocenters. The molecule has 0 spiro atoms. The first-order valence-electron chi connectivity index (χ1n) is 7.52. The van der Waals surface area contributed by atoms with Gasteiger partial charge < -0.3 is 9.47 Å². The second-order valence-corrected chi connectivity index (χ2v) is 5.22. The van der Waals surface area contributed by atoms with Gasteiger partial charge in [-0.2, -0.15) is 0 Å². The third-order valence-corrected chi connectivity index (χ3v) is 3.56. The van der Waals surface area contributed by atoms with Gasteiger partial charge in [0.25, 0.3) is 0 Å². The number of fused-ring (bicyclic) bond motifs is 1. The maximum atomic E-state index is 13.7. The minimum absolute atomic E-state index is 0.0911. The van der Waals surface area contributed by atoms with Gasteiger partial charge in [0.05, 0.1) is 12.2 Å². The predicted molar refractivity (Wildman–Crippen MR) is 86.4 cm³/mol. The molecule has 0 aliphatic carbocycles. The van der Waals surface area contributed by atoms with Crippen LogP contribution >= 0.6 is 0 Å². The monoisotopic (exact) mass is 346 g/mol. The summed E-state index contributed by atoms with van der Waals surface area (Å²) in [5, 5.41) is -0.00633. The molecule has 0 atom stereocenters. The largest absolute Gasteiger partial charge is 0.494 e. The van der Waals surface area contributed by atoms with Gasteiger partial charge in [-0.3, -0.25) is 0 Å². The standard InChI is InChI=1S/C19H13F3O3/c1-2-24-13-5-3-11(4-6-13)19(23)25-14-7-8-15-12(9-14)10-16(20)18(22)17(15)21/h3-10H,2H2,1H3. The van der Waals surface area contributed by atoms with Gasteiger partial charge in [0, 0.05) is 5.39 Å². The fraction of sp³-hybridized carbons (Fsp3) is 0.105. The molecule has 25 heavy (non-hydrogen) atoms. The zero-order valence-electron chi connectivity index (χ0n) is 13.2. The number of halogens is 3. The summed E-state index contributed by atoms with van der Waals surface area (Å²) in [5.74, 6) is -4.04. The Hall–Kier alpha value is -3.02. The molecule has 0 aliphatic heterocycles. The van der Waals surface area contributed by atoms with Crippen molar-refractivity contribution in [2.24, 2.45) is 0 Å². The lowest BCUT2D eigenvalue weighted by Gasteiger charge is -2.08. The van der Waals surface area contributed by atoms with Crippen molar-refractivity contribution >= 4 is 16.7 Å². The number of benzene rings is 3. The van der Waals surface area contributed by atoms with E-state index in [4.69, 9.17) is 9.47 Å². The zero-order chi connectivity index (χ0) is 18.0. The van der Waals surface area contributed by atoms with Gasteiger partial charge in [-0.25, -0.2) is 18.0 Å². The van der Waals surface area contributed by atoms with E-state index in [-0.39, 0.29) is 16.5 Å². The van der Waals surface area contributed by atoms with E-state index in [0.717, 1.165) is 6.07 Å². The smallest absolute Gasteiger partial charge is 0.343 e. The maximum absolute atomic E-state index is 13.7. The van der Waals surface area contributed by atoms with Crippen LogP contribution in [0.5, 0.6) is 11.5 Å². The fourth-order valence-corrected chi connectivity index (χ4v) is 2.37. The van der Waals surface area contributed by atoms with Crippen LogP contribution in [0.2, 0.25) is 0 Å². The second kappa shape index (κ2) is 6.84. The molecule has 0 saturated heterocycles. The van der Waals surface area contributed by atoms with E-state index in [0.29, 0.717) is 17.9 Å². The molecular formula is C19H13F3O3. The van der Waals surface area contributed by atoms with Crippen LogP contribution in [0.15, 0.2) is 48.5 Å². The molecule has 3 aromatic rings. The van der Waals surface area contributed by atoms with Crippen molar-refractivity contribution in [1.82, 2.24) is 0 Å². The van der Waals surface area contributed by atoms with Crippen LogP contribution in [0.4, 0.5) is 13.2 Å². The van der Waals surface area contributed by atoms with Crippen molar-refractivity contribution in [1.29, 1.82) is 0 Å². The van der Waals surface area contributed by atoms with Crippen LogP contribution in [0, 0.1) is 17.5 Å². The van der Waals surface area contributed by atoms with Crippen LogP contribution in [0.1, 0.15) is 17.3 Å². The van der Waals surface area contributed by atoms with Crippen LogP contribution in [-0.4, -0.2) is 12.6 Å². The number of hydrogen-bond donors (Lipinski definition) is 0. The summed E-state index contributed by atoms with van der Waals surface area (Å²) < 4.78 is 50.7. The highest BCUT2D eigenvalue weighted by Gasteiger charge is 2.15. The number of rotatable bonds is 4. The van der Waals surface area contributed by atoms with Crippen LogP contribution in [0.3, 0.4) is 0 Å². The summed E-state index contributed by atoms with van der Waals surface area (Å²) in [7, 11) is 0. The van der Waals surface area contributed by atoms with E-state index in [2.05, 4.69) is 0 Å². The SMILES string of the molecule is CCOc1ccc(C(=O)Oc2ccc3c(F)c(F)c(F)cc3c2)cc1. The Bertz CT molecular complexity index is 937. The van der Waals surface area contributed by atoms with E-state index < -0.39 is 23.4 Å². The molecule has 128 valence electrons. The van der Waals surface area contributed by atoms with Gasteiger partial charge in [-0.05, 0) is 60.8 Å². The highest BCUT2D eigenvalue weighted by atomic mass is 19.2. The molecule has 3 nitrogen and oxygen atoms in total. The molecule has 3 aromatic carbocycles. The summed E-state index contributed by atoms with van der Waals surface area (Å²) in [4.78, 5) is 12.1. The summed E-state index contributed by atoms with van der Waals surface area (Å²) >= 11 is 0. The first-order valence-corrected chi connectivity index (χ1v) is 7.52. The molecule has 0 bridgehead atoms. The fourth-order valence-electron chi connectivity index (χ4n) is 2.37. The lowest BCUT2D eigenvalue weighted by atomic mass is 10.1. The van der Waals surface area contributed by atoms with E-state index in [9.17, 15) is 18.0 Å². The Kier molecular flexibility index (Phi) is 4.61. The number of esters is 1. The van der Waals surface area contributed by atoms with Crippen LogP contribution in [0.25, 0.3) is 10.8 Å². The topological polar surface area (TPSA) is 35.5 Å². The average Bonchev–Trinajstić information content (AvgIpc) is 2.60. The molecule has 0 aromatic heterocycles. The zero-order valence-corrected chi connectivity index (χ0v) is 13.2. The Morgan fingerprint density at radius 1 is 0.920 bits per heavy atom. The van der Waals surface area contributed by atoms with Gasteiger partial charge in [-0.1, -0.05) is 0 Å². The number of ether oxygens (including phenoxy) is 2. The molecule has 6 heteroatoms. The molecule has 0 amide bonds. The summed E-state index contributed by atoms with van der Waals surface area (Å²) in [6.07, 6.45) is 0. The highest BCUT2D eigenvalue weighted by Crippen LogP contribution is 2.27. The molecule has 0 saturated carbocycles. The minimum atomic E-state index is -1.54. The lowest BCUT2D eigenvalue weighted by molar-refractivity contribution is 0.0735. The van der Waals surface area contributed by atoms with Gasteiger partial charge in [0.2, 0.25) is 0 Å². The Labute approximate surface area is 141 Å². The lowest BCUT2D eigenvalue weighted by Crippen LogP contribution is -2.08. The van der Waals surface area contributed by atoms with Crippen molar-refractivity contribution in [3.05, 3.63) is 71.5 Å². The van der Waals surface area contributed by atoms with E-state index in [1.165, 1.54) is 18.2 Å². The van der Waals surface area contributed by atoms with E-state index in [1.807, 2.05) is 6.92 Å². The Balaban J connectivity index is 1.84. The van der Waals surface area contributed by atoms with Gasteiger partial charge >= 0.3 is 5.97 Å². The van der Waals surface area contributed by atoms with Crippen molar-refractivity contribution < 1.29 is 27.4 Å². The molecular weight excluding hydrogens is 333 g/mol. The summed E-state index contributed by atoms with van der Waals surface area (Å²) in [6, 6.07) is 11.0. The first-order chi connectivity index (χ1) is 12.0. The van der Waals surface area contributed by atoms with Crippen LogP contribution in [-0.2, 0) is 0 Å².